The molecule has 1 aliphatic carbocycles. The van der Waals surface area contributed by atoms with Crippen molar-refractivity contribution >= 4 is 23.4 Å². The van der Waals surface area contributed by atoms with Crippen LogP contribution in [0.1, 0.15) is 88.6 Å². The second kappa shape index (κ2) is 10.1. The van der Waals surface area contributed by atoms with E-state index in [1.54, 1.807) is 25.8 Å². The first-order chi connectivity index (χ1) is 15.6. The molecule has 1 aromatic rings. The number of nitrogens with zero attached hydrogens (tertiary/aromatic N) is 2. The van der Waals surface area contributed by atoms with Crippen LogP contribution < -0.4 is 15.0 Å². The topological polar surface area (TPSA) is 79.0 Å². The van der Waals surface area contributed by atoms with Gasteiger partial charge in [0.15, 0.2) is 5.60 Å². The molecule has 0 radical (unpaired) electrons. The van der Waals surface area contributed by atoms with Gasteiger partial charge in [-0.3, -0.25) is 14.4 Å². The standard InChI is InChI=1S/C26H39N3O4/c1-17(2)29(19-11-8-7-9-12-19)24(31)20-16-21-22(15-18(20)3)33-26(4,5)25(32)28(21)14-10-13-23(30)27-6/h15-17,19H,7-14H2,1-6H3,(H,27,30). The van der Waals surface area contributed by atoms with Crippen molar-refractivity contribution in [3.63, 3.8) is 0 Å². The highest BCUT2D eigenvalue weighted by Crippen LogP contribution is 2.40. The van der Waals surface area contributed by atoms with Crippen LogP contribution in [0.3, 0.4) is 0 Å². The molecule has 0 unspecified atom stereocenters. The van der Waals surface area contributed by atoms with Crippen molar-refractivity contribution in [3.05, 3.63) is 23.3 Å². The summed E-state index contributed by atoms with van der Waals surface area (Å²) < 4.78 is 6.05. The summed E-state index contributed by atoms with van der Waals surface area (Å²) in [6, 6.07) is 4.04. The molecule has 1 N–H and O–H groups in total. The van der Waals surface area contributed by atoms with Gasteiger partial charge in [0, 0.05) is 37.7 Å². The van der Waals surface area contributed by atoms with Crippen LogP contribution in [0.25, 0.3) is 0 Å². The Bertz CT molecular complexity index is 903. The predicted molar refractivity (Wildman–Crippen MR) is 130 cm³/mol. The second-order valence-electron chi connectivity index (χ2n) is 10.1. The number of carbonyl (C=O) groups is 3. The van der Waals surface area contributed by atoms with Crippen LogP contribution in [0.5, 0.6) is 5.75 Å². The van der Waals surface area contributed by atoms with Gasteiger partial charge < -0.3 is 19.9 Å². The minimum atomic E-state index is -1.01. The zero-order chi connectivity index (χ0) is 24.3. The van der Waals surface area contributed by atoms with E-state index in [-0.39, 0.29) is 29.8 Å². The highest BCUT2D eigenvalue weighted by atomic mass is 16.5. The number of carbonyl (C=O) groups excluding carboxylic acids is 3. The highest BCUT2D eigenvalue weighted by Gasteiger charge is 2.41. The lowest BCUT2D eigenvalue weighted by atomic mass is 9.92. The molecule has 1 saturated carbocycles. The summed E-state index contributed by atoms with van der Waals surface area (Å²) in [5, 5.41) is 2.62. The van der Waals surface area contributed by atoms with E-state index < -0.39 is 5.60 Å². The molecule has 0 aromatic heterocycles. The van der Waals surface area contributed by atoms with Gasteiger partial charge in [0.2, 0.25) is 5.91 Å². The Balaban J connectivity index is 1.96. The average molecular weight is 458 g/mol. The molecule has 1 aliphatic heterocycles. The SMILES string of the molecule is CNC(=O)CCCN1C(=O)C(C)(C)Oc2cc(C)c(C(=O)N(C(C)C)C3CCCCC3)cc21. The van der Waals surface area contributed by atoms with E-state index in [1.807, 2.05) is 24.0 Å². The molecule has 0 spiro atoms. The number of fused-ring (bicyclic) bond motifs is 1. The summed E-state index contributed by atoms with van der Waals surface area (Å²) in [7, 11) is 1.61. The number of amides is 3. The molecule has 33 heavy (non-hydrogen) atoms. The summed E-state index contributed by atoms with van der Waals surface area (Å²) in [4.78, 5) is 42.4. The molecule has 1 heterocycles. The Hall–Kier alpha value is -2.57. The van der Waals surface area contributed by atoms with Crippen LogP contribution in [-0.2, 0) is 9.59 Å². The van der Waals surface area contributed by atoms with E-state index in [9.17, 15) is 14.4 Å². The fraction of sp³-hybridized carbons (Fsp3) is 0.654. The maximum Gasteiger partial charge on any atom is 0.270 e. The molecule has 1 fully saturated rings. The quantitative estimate of drug-likeness (QED) is 0.665. The number of benzene rings is 1. The van der Waals surface area contributed by atoms with Gasteiger partial charge in [-0.05, 0) is 71.6 Å². The van der Waals surface area contributed by atoms with Gasteiger partial charge in [-0.15, -0.1) is 0 Å². The van der Waals surface area contributed by atoms with Crippen LogP contribution in [0, 0.1) is 6.92 Å². The van der Waals surface area contributed by atoms with Crippen molar-refractivity contribution in [2.75, 3.05) is 18.5 Å². The van der Waals surface area contributed by atoms with E-state index in [1.165, 1.54) is 6.42 Å². The van der Waals surface area contributed by atoms with Crippen molar-refractivity contribution in [2.45, 2.75) is 97.2 Å². The molecular weight excluding hydrogens is 418 g/mol. The van der Waals surface area contributed by atoms with Crippen molar-refractivity contribution < 1.29 is 19.1 Å². The van der Waals surface area contributed by atoms with Gasteiger partial charge in [0.25, 0.3) is 11.8 Å². The molecular formula is C26H39N3O4. The van der Waals surface area contributed by atoms with Gasteiger partial charge >= 0.3 is 0 Å². The first kappa shape index (κ1) is 25.1. The minimum Gasteiger partial charge on any atom is -0.476 e. The number of aryl methyl sites for hydroxylation is 1. The summed E-state index contributed by atoms with van der Waals surface area (Å²) >= 11 is 0. The summed E-state index contributed by atoms with van der Waals surface area (Å²) in [6.45, 7) is 9.96. The first-order valence-corrected chi connectivity index (χ1v) is 12.3. The maximum absolute atomic E-state index is 13.8. The molecule has 0 bridgehead atoms. The maximum atomic E-state index is 13.8. The number of nitrogens with one attached hydrogen (secondary N) is 1. The number of hydrogen-bond acceptors (Lipinski definition) is 4. The van der Waals surface area contributed by atoms with E-state index >= 15 is 0 Å². The van der Waals surface area contributed by atoms with E-state index in [4.69, 9.17) is 4.74 Å². The average Bonchev–Trinajstić information content (AvgIpc) is 2.76. The molecule has 0 atom stereocenters. The molecule has 0 saturated heterocycles. The summed E-state index contributed by atoms with van der Waals surface area (Å²) in [5.41, 5.74) is 1.05. The fourth-order valence-corrected chi connectivity index (χ4v) is 5.01. The molecule has 1 aromatic carbocycles. The third-order valence-corrected chi connectivity index (χ3v) is 6.78. The summed E-state index contributed by atoms with van der Waals surface area (Å²) in [6.07, 6.45) is 6.47. The normalized spacial score (nSPS) is 18.0. The Morgan fingerprint density at radius 2 is 1.88 bits per heavy atom. The Labute approximate surface area is 197 Å². The Morgan fingerprint density at radius 1 is 1.21 bits per heavy atom. The molecule has 7 heteroatoms. The molecule has 182 valence electrons. The first-order valence-electron chi connectivity index (χ1n) is 12.3. The number of rotatable bonds is 7. The van der Waals surface area contributed by atoms with Crippen molar-refractivity contribution in [1.82, 2.24) is 10.2 Å². The molecule has 7 nitrogen and oxygen atoms in total. The van der Waals surface area contributed by atoms with Crippen LogP contribution >= 0.6 is 0 Å². The molecule has 3 rings (SSSR count). The Morgan fingerprint density at radius 3 is 2.48 bits per heavy atom. The third kappa shape index (κ3) is 5.33. The highest BCUT2D eigenvalue weighted by molar-refractivity contribution is 6.05. The van der Waals surface area contributed by atoms with Gasteiger partial charge in [-0.25, -0.2) is 0 Å². The van der Waals surface area contributed by atoms with Crippen molar-refractivity contribution in [2.24, 2.45) is 0 Å². The van der Waals surface area contributed by atoms with E-state index in [0.717, 1.165) is 31.2 Å². The lowest BCUT2D eigenvalue weighted by Crippen LogP contribution is -2.53. The lowest BCUT2D eigenvalue weighted by Gasteiger charge is -2.40. The van der Waals surface area contributed by atoms with Crippen LogP contribution in [0.2, 0.25) is 0 Å². The smallest absolute Gasteiger partial charge is 0.270 e. The Kier molecular flexibility index (Phi) is 7.70. The van der Waals surface area contributed by atoms with Crippen LogP contribution in [0.4, 0.5) is 5.69 Å². The largest absolute Gasteiger partial charge is 0.476 e. The van der Waals surface area contributed by atoms with Crippen LogP contribution in [0.15, 0.2) is 12.1 Å². The number of hydrogen-bond donors (Lipinski definition) is 1. The van der Waals surface area contributed by atoms with Gasteiger partial charge in [-0.2, -0.15) is 0 Å². The lowest BCUT2D eigenvalue weighted by molar-refractivity contribution is -0.132. The zero-order valence-corrected chi connectivity index (χ0v) is 21.0. The third-order valence-electron chi connectivity index (χ3n) is 6.78. The fourth-order valence-electron chi connectivity index (χ4n) is 5.01. The number of anilines is 1. The van der Waals surface area contributed by atoms with E-state index in [0.29, 0.717) is 36.4 Å². The minimum absolute atomic E-state index is 0.0137. The monoisotopic (exact) mass is 457 g/mol. The van der Waals surface area contributed by atoms with Crippen molar-refractivity contribution in [1.29, 1.82) is 0 Å². The van der Waals surface area contributed by atoms with Gasteiger partial charge in [0.05, 0.1) is 5.69 Å². The zero-order valence-electron chi connectivity index (χ0n) is 21.0. The number of ether oxygens (including phenoxy) is 1. The van der Waals surface area contributed by atoms with Gasteiger partial charge in [0.1, 0.15) is 5.75 Å². The summed E-state index contributed by atoms with van der Waals surface area (Å²) in [5.74, 6) is 0.388. The van der Waals surface area contributed by atoms with Gasteiger partial charge in [-0.1, -0.05) is 19.3 Å². The second-order valence-corrected chi connectivity index (χ2v) is 10.1. The molecule has 3 amide bonds. The van der Waals surface area contributed by atoms with E-state index in [2.05, 4.69) is 19.2 Å². The predicted octanol–water partition coefficient (Wildman–Crippen LogP) is 4.21. The molecule has 2 aliphatic rings. The van der Waals surface area contributed by atoms with Crippen molar-refractivity contribution in [3.8, 4) is 5.75 Å². The van der Waals surface area contributed by atoms with Crippen LogP contribution in [-0.4, -0.2) is 53.9 Å².